The van der Waals surface area contributed by atoms with Crippen LogP contribution in [0.3, 0.4) is 0 Å². The van der Waals surface area contributed by atoms with Crippen molar-refractivity contribution in [3.05, 3.63) is 15.6 Å². The summed E-state index contributed by atoms with van der Waals surface area (Å²) in [6.45, 7) is 7.26. The highest BCUT2D eigenvalue weighted by Gasteiger charge is 2.30. The van der Waals surface area contributed by atoms with Gasteiger partial charge in [-0.1, -0.05) is 13.8 Å². The topological polar surface area (TPSA) is 34.1 Å². The molecule has 1 N–H and O–H groups in total. The van der Waals surface area contributed by atoms with Crippen molar-refractivity contribution in [2.45, 2.75) is 58.0 Å². The van der Waals surface area contributed by atoms with Crippen molar-refractivity contribution in [3.63, 3.8) is 0 Å². The number of nitrogens with one attached hydrogen (secondary N) is 1. The molecule has 4 heteroatoms. The van der Waals surface area contributed by atoms with Gasteiger partial charge in [-0.3, -0.25) is 0 Å². The van der Waals surface area contributed by atoms with Crippen molar-refractivity contribution >= 4 is 11.3 Å². The summed E-state index contributed by atoms with van der Waals surface area (Å²) in [5, 5.41) is 4.87. The van der Waals surface area contributed by atoms with Crippen LogP contribution in [0.5, 0.6) is 0 Å². The van der Waals surface area contributed by atoms with Crippen LogP contribution in [-0.4, -0.2) is 24.2 Å². The first-order chi connectivity index (χ1) is 9.22. The van der Waals surface area contributed by atoms with Crippen molar-refractivity contribution < 1.29 is 4.74 Å². The first kappa shape index (κ1) is 13.5. The number of ether oxygens (including phenoxy) is 1. The number of hydrogen-bond donors (Lipinski definition) is 1. The van der Waals surface area contributed by atoms with E-state index in [1.54, 1.807) is 0 Å². The lowest BCUT2D eigenvalue weighted by molar-refractivity contribution is 0.186. The minimum Gasteiger partial charge on any atom is -0.381 e. The van der Waals surface area contributed by atoms with E-state index in [-0.39, 0.29) is 0 Å². The Morgan fingerprint density at radius 2 is 2.21 bits per heavy atom. The number of rotatable bonds is 6. The minimum absolute atomic E-state index is 0.542. The average molecular weight is 280 g/mol. The third-order valence-corrected chi connectivity index (χ3v) is 4.99. The molecule has 19 heavy (non-hydrogen) atoms. The molecule has 2 aliphatic rings. The Hall–Kier alpha value is -0.450. The van der Waals surface area contributed by atoms with E-state index < -0.39 is 0 Å². The molecule has 3 nitrogen and oxygen atoms in total. The van der Waals surface area contributed by atoms with Crippen LogP contribution in [0.1, 0.15) is 54.6 Å². The fourth-order valence-electron chi connectivity index (χ4n) is 2.59. The van der Waals surface area contributed by atoms with Crippen molar-refractivity contribution in [1.82, 2.24) is 10.3 Å². The Labute approximate surface area is 119 Å². The molecule has 1 aliphatic carbocycles. The summed E-state index contributed by atoms with van der Waals surface area (Å²) in [4.78, 5) is 6.41. The average Bonchev–Trinajstić information content (AvgIpc) is 2.94. The maximum Gasteiger partial charge on any atom is 0.0935 e. The highest BCUT2D eigenvalue weighted by Crippen LogP contribution is 2.43. The Balaban J connectivity index is 1.68. The number of nitrogens with zero attached hydrogens (tertiary/aromatic N) is 1. The largest absolute Gasteiger partial charge is 0.381 e. The standard InChI is InChI=1S/C15H24N2OS/c1-10(2)16-8-13-15(12-3-4-12)17-14(19-13)7-11-5-6-18-9-11/h10-12,16H,3-9H2,1-2H3. The maximum absolute atomic E-state index is 5.47. The summed E-state index contributed by atoms with van der Waals surface area (Å²) in [7, 11) is 0. The third-order valence-electron chi connectivity index (χ3n) is 3.89. The van der Waals surface area contributed by atoms with Crippen molar-refractivity contribution in [2.24, 2.45) is 5.92 Å². The molecule has 1 saturated carbocycles. The normalized spacial score (nSPS) is 23.4. The summed E-state index contributed by atoms with van der Waals surface area (Å²) in [5.41, 5.74) is 1.40. The molecule has 0 aromatic carbocycles. The molecule has 1 aromatic rings. The second-order valence-corrected chi connectivity index (χ2v) is 7.33. The number of thiazole rings is 1. The lowest BCUT2D eigenvalue weighted by Gasteiger charge is -2.07. The van der Waals surface area contributed by atoms with Crippen LogP contribution in [0.4, 0.5) is 0 Å². The molecule has 1 unspecified atom stereocenters. The van der Waals surface area contributed by atoms with Gasteiger partial charge in [0.15, 0.2) is 0 Å². The quantitative estimate of drug-likeness (QED) is 0.869. The van der Waals surface area contributed by atoms with Gasteiger partial charge in [-0.2, -0.15) is 0 Å². The molecule has 0 amide bonds. The lowest BCUT2D eigenvalue weighted by Crippen LogP contribution is -2.21. The molecule has 1 saturated heterocycles. The Bertz CT molecular complexity index is 420. The molecular weight excluding hydrogens is 256 g/mol. The zero-order valence-electron chi connectivity index (χ0n) is 11.9. The zero-order valence-corrected chi connectivity index (χ0v) is 12.8. The SMILES string of the molecule is CC(C)NCc1sc(CC2CCOC2)nc1C1CC1. The summed E-state index contributed by atoms with van der Waals surface area (Å²) >= 11 is 1.93. The highest BCUT2D eigenvalue weighted by atomic mass is 32.1. The second kappa shape index (κ2) is 5.90. The van der Waals surface area contributed by atoms with Gasteiger partial charge in [0.25, 0.3) is 0 Å². The molecule has 2 fully saturated rings. The predicted molar refractivity (Wildman–Crippen MR) is 78.7 cm³/mol. The molecule has 3 rings (SSSR count). The lowest BCUT2D eigenvalue weighted by atomic mass is 10.1. The summed E-state index contributed by atoms with van der Waals surface area (Å²) in [6, 6.07) is 0.542. The molecular formula is C15H24N2OS. The fraction of sp³-hybridized carbons (Fsp3) is 0.800. The van der Waals surface area contributed by atoms with Crippen LogP contribution < -0.4 is 5.32 Å². The van der Waals surface area contributed by atoms with E-state index in [9.17, 15) is 0 Å². The van der Waals surface area contributed by atoms with E-state index in [1.807, 2.05) is 11.3 Å². The monoisotopic (exact) mass is 280 g/mol. The smallest absolute Gasteiger partial charge is 0.0935 e. The van der Waals surface area contributed by atoms with Gasteiger partial charge in [0.2, 0.25) is 0 Å². The molecule has 0 bridgehead atoms. The Morgan fingerprint density at radius 3 is 2.84 bits per heavy atom. The van der Waals surface area contributed by atoms with Crippen LogP contribution >= 0.6 is 11.3 Å². The molecule has 0 radical (unpaired) electrons. The first-order valence-corrected chi connectivity index (χ1v) is 8.33. The van der Waals surface area contributed by atoms with E-state index in [4.69, 9.17) is 9.72 Å². The van der Waals surface area contributed by atoms with Gasteiger partial charge in [-0.15, -0.1) is 11.3 Å². The zero-order chi connectivity index (χ0) is 13.2. The highest BCUT2D eigenvalue weighted by molar-refractivity contribution is 7.11. The van der Waals surface area contributed by atoms with Crippen LogP contribution in [0.15, 0.2) is 0 Å². The van der Waals surface area contributed by atoms with Crippen LogP contribution in [0, 0.1) is 5.92 Å². The fourth-order valence-corrected chi connectivity index (χ4v) is 3.81. The predicted octanol–water partition coefficient (Wildman–Crippen LogP) is 3.10. The van der Waals surface area contributed by atoms with E-state index in [1.165, 1.54) is 34.8 Å². The van der Waals surface area contributed by atoms with Crippen molar-refractivity contribution in [2.75, 3.05) is 13.2 Å². The Morgan fingerprint density at radius 1 is 1.37 bits per heavy atom. The van der Waals surface area contributed by atoms with Gasteiger partial charge >= 0.3 is 0 Å². The molecule has 106 valence electrons. The van der Waals surface area contributed by atoms with Gasteiger partial charge in [0.1, 0.15) is 0 Å². The molecule has 1 atom stereocenters. The van der Waals surface area contributed by atoms with Crippen molar-refractivity contribution in [1.29, 1.82) is 0 Å². The Kier molecular flexibility index (Phi) is 4.20. The molecule has 1 aliphatic heterocycles. The van der Waals surface area contributed by atoms with Gasteiger partial charge in [0, 0.05) is 43.0 Å². The second-order valence-electron chi connectivity index (χ2n) is 6.16. The molecule has 0 spiro atoms. The van der Waals surface area contributed by atoms with E-state index >= 15 is 0 Å². The van der Waals surface area contributed by atoms with Crippen LogP contribution in [0.2, 0.25) is 0 Å². The minimum atomic E-state index is 0.542. The van der Waals surface area contributed by atoms with E-state index in [0.29, 0.717) is 12.0 Å². The van der Waals surface area contributed by atoms with Crippen LogP contribution in [0.25, 0.3) is 0 Å². The summed E-state index contributed by atoms with van der Waals surface area (Å²) in [5.74, 6) is 1.46. The van der Waals surface area contributed by atoms with Gasteiger partial charge < -0.3 is 10.1 Å². The summed E-state index contributed by atoms with van der Waals surface area (Å²) < 4.78 is 5.47. The van der Waals surface area contributed by atoms with E-state index in [0.717, 1.165) is 32.1 Å². The first-order valence-electron chi connectivity index (χ1n) is 7.52. The maximum atomic E-state index is 5.47. The molecule has 2 heterocycles. The molecule has 1 aromatic heterocycles. The van der Waals surface area contributed by atoms with Crippen LogP contribution in [-0.2, 0) is 17.7 Å². The third kappa shape index (κ3) is 3.56. The van der Waals surface area contributed by atoms with Gasteiger partial charge in [-0.25, -0.2) is 4.98 Å². The number of hydrogen-bond acceptors (Lipinski definition) is 4. The summed E-state index contributed by atoms with van der Waals surface area (Å²) in [6.07, 6.45) is 5.00. The van der Waals surface area contributed by atoms with Gasteiger partial charge in [-0.05, 0) is 25.2 Å². The van der Waals surface area contributed by atoms with Gasteiger partial charge in [0.05, 0.1) is 10.7 Å². The number of aromatic nitrogens is 1. The van der Waals surface area contributed by atoms with E-state index in [2.05, 4.69) is 19.2 Å². The van der Waals surface area contributed by atoms with Crippen molar-refractivity contribution in [3.8, 4) is 0 Å².